The van der Waals surface area contributed by atoms with E-state index in [0.29, 0.717) is 22.2 Å². The molecule has 7 nitrogen and oxygen atoms in total. The van der Waals surface area contributed by atoms with Crippen molar-refractivity contribution in [2.24, 2.45) is 7.05 Å². The predicted molar refractivity (Wildman–Crippen MR) is 119 cm³/mol. The lowest BCUT2D eigenvalue weighted by Gasteiger charge is -2.14. The zero-order valence-electron chi connectivity index (χ0n) is 17.6. The van der Waals surface area contributed by atoms with Crippen LogP contribution in [0.25, 0.3) is 44.0 Å². The fraction of sp³-hybridized carbons (Fsp3) is 0.250. The molecule has 32 heavy (non-hydrogen) atoms. The third-order valence-electron chi connectivity index (χ3n) is 6.14. The SMILES string of the molecule is CCOC(=O)c1cn(C2CC2)c2c(cc(F)c3nc4c(nc32)c2ccccc2n4C)c1=O. The summed E-state index contributed by atoms with van der Waals surface area (Å²) in [6, 6.07) is 9.05. The van der Waals surface area contributed by atoms with Gasteiger partial charge in [0, 0.05) is 24.7 Å². The number of hydrogen-bond donors (Lipinski definition) is 0. The molecule has 6 rings (SSSR count). The van der Waals surface area contributed by atoms with E-state index in [1.807, 2.05) is 40.4 Å². The molecule has 0 aliphatic heterocycles. The van der Waals surface area contributed by atoms with E-state index in [9.17, 15) is 9.59 Å². The van der Waals surface area contributed by atoms with Gasteiger partial charge in [0.1, 0.15) is 22.1 Å². The van der Waals surface area contributed by atoms with E-state index in [-0.39, 0.29) is 29.1 Å². The standard InChI is InChI=1S/C24H19FN4O3/c1-3-32-24(31)15-11-29(12-8-9-12)21-14(22(15)30)10-16(25)19-20(21)26-18-13-6-4-5-7-17(13)28(2)23(18)27-19/h4-7,10-12H,3,8-9H2,1-2H3. The van der Waals surface area contributed by atoms with Gasteiger partial charge in [0.25, 0.3) is 0 Å². The number of fused-ring (bicyclic) bond motifs is 6. The molecule has 0 spiro atoms. The quantitative estimate of drug-likeness (QED) is 0.316. The molecule has 2 aromatic carbocycles. The summed E-state index contributed by atoms with van der Waals surface area (Å²) < 4.78 is 24.1. The Balaban J connectivity index is 1.80. The molecule has 3 aromatic heterocycles. The van der Waals surface area contributed by atoms with Gasteiger partial charge in [-0.3, -0.25) is 4.79 Å². The van der Waals surface area contributed by atoms with Crippen molar-refractivity contribution < 1.29 is 13.9 Å². The van der Waals surface area contributed by atoms with Crippen LogP contribution >= 0.6 is 0 Å². The normalized spacial score (nSPS) is 14.1. The van der Waals surface area contributed by atoms with Gasteiger partial charge in [0.15, 0.2) is 11.5 Å². The molecule has 0 N–H and O–H groups in total. The van der Waals surface area contributed by atoms with Gasteiger partial charge < -0.3 is 13.9 Å². The molecule has 0 amide bonds. The number of esters is 1. The number of hydrogen-bond acceptors (Lipinski definition) is 5. The summed E-state index contributed by atoms with van der Waals surface area (Å²) in [5.74, 6) is -1.35. The second-order valence-electron chi connectivity index (χ2n) is 8.15. The number of halogens is 1. The Morgan fingerprint density at radius 2 is 1.94 bits per heavy atom. The molecule has 1 aliphatic carbocycles. The number of carbonyl (C=O) groups is 1. The van der Waals surface area contributed by atoms with Gasteiger partial charge in [-0.2, -0.15) is 0 Å². The number of carbonyl (C=O) groups excluding carboxylic acids is 1. The van der Waals surface area contributed by atoms with Crippen molar-refractivity contribution in [1.82, 2.24) is 19.1 Å². The van der Waals surface area contributed by atoms with Crippen LogP contribution in [0.4, 0.5) is 4.39 Å². The number of pyridine rings is 1. The number of rotatable bonds is 3. The van der Waals surface area contributed by atoms with Gasteiger partial charge in [-0.25, -0.2) is 19.2 Å². The van der Waals surface area contributed by atoms with Crippen LogP contribution < -0.4 is 5.43 Å². The van der Waals surface area contributed by atoms with Gasteiger partial charge in [-0.1, -0.05) is 18.2 Å². The van der Waals surface area contributed by atoms with Crippen molar-refractivity contribution in [2.75, 3.05) is 6.61 Å². The smallest absolute Gasteiger partial charge is 0.343 e. The van der Waals surface area contributed by atoms with Gasteiger partial charge in [0.2, 0.25) is 5.43 Å². The van der Waals surface area contributed by atoms with Crippen LogP contribution in [-0.4, -0.2) is 31.7 Å². The molecule has 1 saturated carbocycles. The highest BCUT2D eigenvalue weighted by Gasteiger charge is 2.29. The zero-order chi connectivity index (χ0) is 22.1. The molecule has 0 unspecified atom stereocenters. The first-order valence-corrected chi connectivity index (χ1v) is 10.6. The van der Waals surface area contributed by atoms with Gasteiger partial charge in [-0.05, 0) is 31.9 Å². The Kier molecular flexibility index (Phi) is 3.90. The van der Waals surface area contributed by atoms with Crippen molar-refractivity contribution in [1.29, 1.82) is 0 Å². The Morgan fingerprint density at radius 1 is 1.16 bits per heavy atom. The average Bonchev–Trinajstić information content (AvgIpc) is 3.60. The lowest BCUT2D eigenvalue weighted by molar-refractivity contribution is 0.0524. The fourth-order valence-corrected chi connectivity index (χ4v) is 4.48. The summed E-state index contributed by atoms with van der Waals surface area (Å²) in [4.78, 5) is 35.1. The van der Waals surface area contributed by atoms with Crippen molar-refractivity contribution >= 4 is 50.0 Å². The topological polar surface area (TPSA) is 79.0 Å². The minimum Gasteiger partial charge on any atom is -0.462 e. The monoisotopic (exact) mass is 430 g/mol. The minimum atomic E-state index is -0.704. The Hall–Kier alpha value is -3.81. The predicted octanol–water partition coefficient (Wildman–Crippen LogP) is 4.24. The zero-order valence-corrected chi connectivity index (χ0v) is 17.6. The highest BCUT2D eigenvalue weighted by molar-refractivity contribution is 6.11. The molecule has 5 aromatic rings. The first-order valence-electron chi connectivity index (χ1n) is 10.6. The van der Waals surface area contributed by atoms with Gasteiger partial charge in [0.05, 0.1) is 23.0 Å². The second kappa shape index (κ2) is 6.59. The van der Waals surface area contributed by atoms with E-state index < -0.39 is 17.2 Å². The molecule has 1 fully saturated rings. The van der Waals surface area contributed by atoms with Gasteiger partial charge in [-0.15, -0.1) is 0 Å². The third-order valence-corrected chi connectivity index (χ3v) is 6.14. The van der Waals surface area contributed by atoms with Crippen LogP contribution in [0.15, 0.2) is 41.3 Å². The lowest BCUT2D eigenvalue weighted by atomic mass is 10.1. The van der Waals surface area contributed by atoms with Crippen LogP contribution in [0.2, 0.25) is 0 Å². The molecule has 1 aliphatic rings. The molecule has 0 saturated heterocycles. The molecular weight excluding hydrogens is 411 g/mol. The molecule has 160 valence electrons. The lowest BCUT2D eigenvalue weighted by Crippen LogP contribution is -2.21. The van der Waals surface area contributed by atoms with Crippen LogP contribution in [-0.2, 0) is 11.8 Å². The van der Waals surface area contributed by atoms with E-state index in [1.165, 1.54) is 12.3 Å². The Labute approximate surface area is 181 Å². The van der Waals surface area contributed by atoms with Crippen LogP contribution in [0, 0.1) is 5.82 Å². The third kappa shape index (κ3) is 2.52. The number of para-hydroxylation sites is 1. The second-order valence-corrected chi connectivity index (χ2v) is 8.15. The fourth-order valence-electron chi connectivity index (χ4n) is 4.48. The number of nitrogens with zero attached hydrogens (tertiary/aromatic N) is 4. The van der Waals surface area contributed by atoms with E-state index >= 15 is 4.39 Å². The van der Waals surface area contributed by atoms with Crippen LogP contribution in [0.1, 0.15) is 36.2 Å². The van der Waals surface area contributed by atoms with Crippen molar-refractivity contribution in [3.05, 3.63) is 58.1 Å². The Bertz CT molecular complexity index is 1660. The largest absolute Gasteiger partial charge is 0.462 e. The number of benzene rings is 2. The maximum atomic E-state index is 15.3. The molecule has 0 bridgehead atoms. The molecule has 8 heteroatoms. The molecule has 0 radical (unpaired) electrons. The van der Waals surface area contributed by atoms with Crippen LogP contribution in [0.3, 0.4) is 0 Å². The highest BCUT2D eigenvalue weighted by Crippen LogP contribution is 2.39. The maximum absolute atomic E-state index is 15.3. The van der Waals surface area contributed by atoms with Gasteiger partial charge >= 0.3 is 5.97 Å². The van der Waals surface area contributed by atoms with Crippen LogP contribution in [0.5, 0.6) is 0 Å². The van der Waals surface area contributed by atoms with Crippen molar-refractivity contribution in [3.8, 4) is 0 Å². The Morgan fingerprint density at radius 3 is 2.69 bits per heavy atom. The maximum Gasteiger partial charge on any atom is 0.343 e. The first-order chi connectivity index (χ1) is 15.5. The van der Waals surface area contributed by atoms with Crippen molar-refractivity contribution in [3.63, 3.8) is 0 Å². The first kappa shape index (κ1) is 18.9. The summed E-state index contributed by atoms with van der Waals surface area (Å²) in [5, 5.41) is 1.02. The number of aryl methyl sites for hydroxylation is 1. The number of aromatic nitrogens is 4. The highest BCUT2D eigenvalue weighted by atomic mass is 19.1. The van der Waals surface area contributed by atoms with E-state index in [4.69, 9.17) is 9.72 Å². The van der Waals surface area contributed by atoms with E-state index in [1.54, 1.807) is 6.92 Å². The summed E-state index contributed by atoms with van der Waals surface area (Å²) >= 11 is 0. The number of ether oxygens (including phenoxy) is 1. The summed E-state index contributed by atoms with van der Waals surface area (Å²) in [6.07, 6.45) is 3.35. The van der Waals surface area contributed by atoms with E-state index in [2.05, 4.69) is 4.98 Å². The summed E-state index contributed by atoms with van der Waals surface area (Å²) in [5.41, 5.74) is 2.43. The van der Waals surface area contributed by atoms with Crippen molar-refractivity contribution in [2.45, 2.75) is 25.8 Å². The summed E-state index contributed by atoms with van der Waals surface area (Å²) in [6.45, 7) is 1.83. The molecular formula is C24H19FN4O3. The summed E-state index contributed by atoms with van der Waals surface area (Å²) in [7, 11) is 1.87. The minimum absolute atomic E-state index is 0.0933. The average molecular weight is 430 g/mol. The van der Waals surface area contributed by atoms with E-state index in [0.717, 1.165) is 23.7 Å². The molecule has 3 heterocycles. The molecule has 0 atom stereocenters.